The fraction of sp³-hybridized carbons (Fsp3) is 0.529. The van der Waals surface area contributed by atoms with Crippen LogP contribution in [-0.2, 0) is 22.4 Å². The van der Waals surface area contributed by atoms with Gasteiger partial charge >= 0.3 is 12.1 Å². The first kappa shape index (κ1) is 46.3. The highest BCUT2D eigenvalue weighted by Gasteiger charge is 2.40. The summed E-state index contributed by atoms with van der Waals surface area (Å²) in [4.78, 5) is 85.9. The lowest BCUT2D eigenvalue weighted by Gasteiger charge is -2.32. The van der Waals surface area contributed by atoms with Gasteiger partial charge in [-0.25, -0.2) is 9.59 Å². The van der Waals surface area contributed by atoms with Gasteiger partial charge in [-0.15, -0.1) is 22.7 Å². The van der Waals surface area contributed by atoms with Crippen molar-refractivity contribution in [1.29, 1.82) is 0 Å². The van der Waals surface area contributed by atoms with Crippen molar-refractivity contribution in [2.75, 3.05) is 13.1 Å². The molecule has 0 aliphatic carbocycles. The molecule has 2 atom stereocenters. The largest absolute Gasteiger partial charge is 0.415 e. The first-order chi connectivity index (χ1) is 30.7. The molecule has 0 saturated carbocycles. The predicted molar refractivity (Wildman–Crippen MR) is 251 cm³/mol. The lowest BCUT2D eigenvalue weighted by Crippen LogP contribution is -2.44. The van der Waals surface area contributed by atoms with Crippen LogP contribution in [-0.4, -0.2) is 64.6 Å². The third kappa shape index (κ3) is 11.2. The number of hydrogen-bond acceptors (Lipinski definition) is 9. The molecule has 10 nitrogen and oxygen atoms in total. The third-order valence-electron chi connectivity index (χ3n) is 13.0. The number of amides is 5. The summed E-state index contributed by atoms with van der Waals surface area (Å²) in [7, 11) is 0. The number of benzene rings is 2. The van der Waals surface area contributed by atoms with Crippen molar-refractivity contribution < 1.29 is 33.5 Å². The molecule has 7 rings (SSSR count). The zero-order chi connectivity index (χ0) is 44.3. The number of thiophene rings is 2. The van der Waals surface area contributed by atoms with E-state index >= 15 is 0 Å². The summed E-state index contributed by atoms with van der Waals surface area (Å²) >= 11 is 3.61. The van der Waals surface area contributed by atoms with Gasteiger partial charge in [-0.05, 0) is 86.6 Å². The van der Waals surface area contributed by atoms with Crippen LogP contribution in [0, 0.1) is 5.92 Å². The van der Waals surface area contributed by atoms with Crippen molar-refractivity contribution in [3.8, 4) is 9.75 Å². The van der Waals surface area contributed by atoms with Gasteiger partial charge < -0.3 is 10.1 Å². The maximum absolute atomic E-state index is 14.0. The van der Waals surface area contributed by atoms with Crippen LogP contribution in [0.2, 0.25) is 0 Å². The number of unbranched alkanes of at least 4 members (excludes halogenated alkanes) is 13. The minimum Gasteiger partial charge on any atom is -0.375 e. The second-order valence-electron chi connectivity index (χ2n) is 17.7. The number of hydrogen-bond donors (Lipinski definition) is 1. The van der Waals surface area contributed by atoms with E-state index in [0.29, 0.717) is 47.6 Å². The van der Waals surface area contributed by atoms with Gasteiger partial charge in [-0.3, -0.25) is 29.0 Å². The lowest BCUT2D eigenvalue weighted by atomic mass is 9.86. The Bertz CT molecular complexity index is 2220. The standard InChI is InChI=1S/C51H63N3O7S2/c1-3-5-7-9-11-12-14-16-20-34(19-15-13-10-8-6-4-2)33-36-23-29-43(63-36)42-28-22-35(62-42)30-32-54-48(57)39-26-24-37-44-38(25-27-40(45(39)44)49(54)58)47(56)53(46(37)55)31-18-17-21-41-50(59)61-51(60)52-41/h22-29,34,41H,3-21,30-33H2,1-2H3,(H,52,60)/t34?,41-/m0/s1. The summed E-state index contributed by atoms with van der Waals surface area (Å²) in [6, 6.07) is 14.4. The van der Waals surface area contributed by atoms with Crippen molar-refractivity contribution >= 4 is 69.1 Å². The molecule has 3 aliphatic rings. The van der Waals surface area contributed by atoms with Crippen LogP contribution in [0.5, 0.6) is 0 Å². The number of esters is 1. The Hall–Kier alpha value is -4.68. The van der Waals surface area contributed by atoms with E-state index in [1.54, 1.807) is 35.6 Å². The Kier molecular flexibility index (Phi) is 16.4. The Balaban J connectivity index is 0.943. The van der Waals surface area contributed by atoms with E-state index in [4.69, 9.17) is 0 Å². The molecule has 1 N–H and O–H groups in total. The molecular formula is C51H63N3O7S2. The van der Waals surface area contributed by atoms with Gasteiger partial charge in [0.2, 0.25) is 0 Å². The summed E-state index contributed by atoms with van der Waals surface area (Å²) in [5.74, 6) is -1.76. The van der Waals surface area contributed by atoms with Crippen molar-refractivity contribution in [2.24, 2.45) is 5.92 Å². The number of carbonyl (C=O) groups is 6. The van der Waals surface area contributed by atoms with E-state index in [0.717, 1.165) is 17.2 Å². The zero-order valence-electron chi connectivity index (χ0n) is 37.1. The molecule has 0 bridgehead atoms. The predicted octanol–water partition coefficient (Wildman–Crippen LogP) is 12.3. The summed E-state index contributed by atoms with van der Waals surface area (Å²) in [5.41, 5.74) is 1.15. The van der Waals surface area contributed by atoms with Gasteiger partial charge in [0.25, 0.3) is 23.6 Å². The smallest absolute Gasteiger partial charge is 0.375 e. The summed E-state index contributed by atoms with van der Waals surface area (Å²) < 4.78 is 4.52. The summed E-state index contributed by atoms with van der Waals surface area (Å²) in [5, 5.41) is 3.15. The van der Waals surface area contributed by atoms with Crippen molar-refractivity contribution in [3.63, 3.8) is 0 Å². The van der Waals surface area contributed by atoms with E-state index in [1.165, 1.54) is 127 Å². The number of nitrogens with zero attached hydrogens (tertiary/aromatic N) is 2. The van der Waals surface area contributed by atoms with E-state index < -0.39 is 41.7 Å². The van der Waals surface area contributed by atoms with Gasteiger partial charge in [0.05, 0.1) is 0 Å². The van der Waals surface area contributed by atoms with Crippen molar-refractivity contribution in [2.45, 2.75) is 155 Å². The molecule has 1 saturated heterocycles. The summed E-state index contributed by atoms with van der Waals surface area (Å²) in [6.07, 6.45) is 23.6. The van der Waals surface area contributed by atoms with Gasteiger partial charge in [-0.2, -0.15) is 0 Å². The van der Waals surface area contributed by atoms with E-state index in [9.17, 15) is 28.8 Å². The molecule has 2 aromatic heterocycles. The number of ether oxygens (including phenoxy) is 1. The molecule has 63 heavy (non-hydrogen) atoms. The molecule has 0 spiro atoms. The Labute approximate surface area is 380 Å². The lowest BCUT2D eigenvalue weighted by molar-refractivity contribution is -0.135. The van der Waals surface area contributed by atoms with Gasteiger partial charge in [0.15, 0.2) is 0 Å². The Morgan fingerprint density at radius 1 is 0.540 bits per heavy atom. The fourth-order valence-electron chi connectivity index (χ4n) is 9.48. The first-order valence-corrected chi connectivity index (χ1v) is 25.3. The third-order valence-corrected chi connectivity index (χ3v) is 15.5. The van der Waals surface area contributed by atoms with Crippen molar-refractivity contribution in [1.82, 2.24) is 15.1 Å². The second kappa shape index (κ2) is 22.3. The Morgan fingerprint density at radius 2 is 1.00 bits per heavy atom. The van der Waals surface area contributed by atoms with Crippen LogP contribution in [0.4, 0.5) is 4.79 Å². The van der Waals surface area contributed by atoms with E-state index in [2.05, 4.69) is 48.2 Å². The second-order valence-corrected chi connectivity index (χ2v) is 20.0. The highest BCUT2D eigenvalue weighted by atomic mass is 32.1. The minimum absolute atomic E-state index is 0.112. The number of cyclic esters (lactones) is 2. The van der Waals surface area contributed by atoms with E-state index in [-0.39, 0.29) is 24.2 Å². The Morgan fingerprint density at radius 3 is 1.49 bits per heavy atom. The number of nitrogens with one attached hydrogen (secondary N) is 1. The fourth-order valence-corrected chi connectivity index (χ4v) is 11.7. The maximum atomic E-state index is 14.0. The number of alkyl carbamates (subject to hydrolysis) is 1. The number of rotatable bonds is 27. The van der Waals surface area contributed by atoms with Crippen LogP contribution >= 0.6 is 22.7 Å². The summed E-state index contributed by atoms with van der Waals surface area (Å²) in [6.45, 7) is 4.88. The van der Waals surface area contributed by atoms with E-state index in [1.807, 2.05) is 11.3 Å². The van der Waals surface area contributed by atoms with Crippen LogP contribution in [0.3, 0.4) is 0 Å². The average molecular weight is 894 g/mol. The molecule has 1 unspecified atom stereocenters. The normalized spacial score (nSPS) is 16.4. The SMILES string of the molecule is CCCCCCCCCCC(CCCCCCCC)Cc1ccc(-c2ccc(CCN3C(=O)c4ccc5c6c(ccc(c46)C3=O)C(=O)N(CCCC[C@@H]3NC(=O)OC3=O)C5=O)s2)s1. The molecule has 3 aliphatic heterocycles. The average Bonchev–Trinajstić information content (AvgIpc) is 4.03. The molecule has 0 radical (unpaired) electrons. The van der Waals surface area contributed by atoms with Crippen LogP contribution in [0.25, 0.3) is 20.5 Å². The monoisotopic (exact) mass is 893 g/mol. The molecule has 336 valence electrons. The topological polar surface area (TPSA) is 130 Å². The molecule has 4 aromatic rings. The molecule has 5 heterocycles. The van der Waals surface area contributed by atoms with Gasteiger partial charge in [0.1, 0.15) is 6.04 Å². The molecule has 12 heteroatoms. The maximum Gasteiger partial charge on any atom is 0.415 e. The molecular weight excluding hydrogens is 831 g/mol. The number of imide groups is 2. The van der Waals surface area contributed by atoms with Gasteiger partial charge in [-0.1, -0.05) is 117 Å². The zero-order valence-corrected chi connectivity index (χ0v) is 38.7. The highest BCUT2D eigenvalue weighted by Crippen LogP contribution is 2.39. The van der Waals surface area contributed by atoms with Crippen LogP contribution in [0.1, 0.15) is 187 Å². The van der Waals surface area contributed by atoms with Gasteiger partial charge in [0, 0.05) is 65.6 Å². The molecule has 1 fully saturated rings. The van der Waals surface area contributed by atoms with Crippen LogP contribution < -0.4 is 5.32 Å². The molecule has 2 aromatic carbocycles. The highest BCUT2D eigenvalue weighted by molar-refractivity contribution is 7.22. The molecule has 5 amide bonds. The van der Waals surface area contributed by atoms with Crippen LogP contribution in [0.15, 0.2) is 48.5 Å². The quantitative estimate of drug-likeness (QED) is 0.0273. The minimum atomic E-state index is -0.775. The first-order valence-electron chi connectivity index (χ1n) is 23.7. The number of carbonyl (C=O) groups excluding carboxylic acids is 6. The van der Waals surface area contributed by atoms with Crippen molar-refractivity contribution in [3.05, 3.63) is 80.5 Å².